The van der Waals surface area contributed by atoms with Gasteiger partial charge in [0, 0.05) is 4.47 Å². The highest BCUT2D eigenvalue weighted by Crippen LogP contribution is 2.12. The third kappa shape index (κ3) is 3.03. The highest BCUT2D eigenvalue weighted by Gasteiger charge is 1.97. The summed E-state index contributed by atoms with van der Waals surface area (Å²) < 4.78 is 0.968. The zero-order valence-electron chi connectivity index (χ0n) is 6.92. The van der Waals surface area contributed by atoms with Gasteiger partial charge in [0.15, 0.2) is 0 Å². The maximum absolute atomic E-state index is 10.4. The molecular weight excluding hydrogens is 232 g/mol. The van der Waals surface area contributed by atoms with Crippen LogP contribution in [0.15, 0.2) is 40.9 Å². The second-order valence-corrected chi connectivity index (χ2v) is 3.61. The number of carboxylic acids is 1. The molecule has 1 aromatic carbocycles. The van der Waals surface area contributed by atoms with Crippen LogP contribution in [0, 0.1) is 0 Å². The molecule has 0 aliphatic carbocycles. The number of benzene rings is 1. The van der Waals surface area contributed by atoms with Crippen LogP contribution in [0.3, 0.4) is 0 Å². The van der Waals surface area contributed by atoms with E-state index >= 15 is 0 Å². The second-order valence-electron chi connectivity index (χ2n) is 2.69. The van der Waals surface area contributed by atoms with Crippen molar-refractivity contribution in [3.05, 3.63) is 46.5 Å². The summed E-state index contributed by atoms with van der Waals surface area (Å²) in [7, 11) is 0. The Bertz CT molecular complexity index is 327. The minimum atomic E-state index is -1.19. The van der Waals surface area contributed by atoms with Crippen molar-refractivity contribution in [1.29, 1.82) is 0 Å². The maximum Gasteiger partial charge on any atom is 0.0672 e. The van der Waals surface area contributed by atoms with Crippen molar-refractivity contribution in [1.82, 2.24) is 0 Å². The first-order valence-corrected chi connectivity index (χ1v) is 4.52. The van der Waals surface area contributed by atoms with Gasteiger partial charge in [0.25, 0.3) is 0 Å². The number of aliphatic carboxylic acids is 1. The zero-order valence-corrected chi connectivity index (χ0v) is 8.50. The Labute approximate surface area is 85.0 Å². The van der Waals surface area contributed by atoms with E-state index in [0.717, 1.165) is 10.0 Å². The van der Waals surface area contributed by atoms with Crippen molar-refractivity contribution in [2.24, 2.45) is 0 Å². The van der Waals surface area contributed by atoms with Crippen LogP contribution < -0.4 is 5.11 Å². The Hall–Kier alpha value is -1.09. The topological polar surface area (TPSA) is 40.1 Å². The molecule has 2 nitrogen and oxygen atoms in total. The summed E-state index contributed by atoms with van der Waals surface area (Å²) >= 11 is 3.29. The first kappa shape index (κ1) is 9.99. The molecule has 0 spiro atoms. The minimum Gasteiger partial charge on any atom is -0.545 e. The number of hydrogen-bond donors (Lipinski definition) is 0. The monoisotopic (exact) mass is 239 g/mol. The third-order valence-corrected chi connectivity index (χ3v) is 2.15. The Morgan fingerprint density at radius 3 is 2.38 bits per heavy atom. The van der Waals surface area contributed by atoms with Crippen molar-refractivity contribution < 1.29 is 9.90 Å². The molecule has 1 rings (SSSR count). The van der Waals surface area contributed by atoms with Crippen molar-refractivity contribution in [3.8, 4) is 0 Å². The molecule has 0 radical (unpaired) electrons. The van der Waals surface area contributed by atoms with E-state index in [1.807, 2.05) is 24.3 Å². The summed E-state index contributed by atoms with van der Waals surface area (Å²) in [4.78, 5) is 10.4. The molecule has 0 N–H and O–H groups in total. The molecule has 3 heteroatoms. The van der Waals surface area contributed by atoms with E-state index in [4.69, 9.17) is 0 Å². The molecule has 0 saturated heterocycles. The molecular formula is C10H8BrO2-. The molecule has 0 aromatic heterocycles. The second kappa shape index (κ2) is 4.23. The van der Waals surface area contributed by atoms with Crippen LogP contribution >= 0.6 is 15.9 Å². The van der Waals surface area contributed by atoms with Crippen molar-refractivity contribution in [2.75, 3.05) is 0 Å². The van der Waals surface area contributed by atoms with Gasteiger partial charge in [-0.15, -0.1) is 0 Å². The average Bonchev–Trinajstić information content (AvgIpc) is 2.08. The van der Waals surface area contributed by atoms with Crippen molar-refractivity contribution >= 4 is 21.9 Å². The zero-order chi connectivity index (χ0) is 9.84. The molecule has 0 fully saturated rings. The number of rotatable bonds is 3. The largest absolute Gasteiger partial charge is 0.545 e. The van der Waals surface area contributed by atoms with Crippen LogP contribution in [0.2, 0.25) is 0 Å². The first-order chi connectivity index (χ1) is 6.09. The Kier molecular flexibility index (Phi) is 3.25. The number of carbonyl (C=O) groups is 1. The van der Waals surface area contributed by atoms with Crippen molar-refractivity contribution in [2.45, 2.75) is 6.42 Å². The summed E-state index contributed by atoms with van der Waals surface area (Å²) in [5.74, 6) is -1.19. The van der Waals surface area contributed by atoms with E-state index in [-0.39, 0.29) is 5.57 Å². The molecule has 68 valence electrons. The molecule has 13 heavy (non-hydrogen) atoms. The fourth-order valence-corrected chi connectivity index (χ4v) is 1.19. The summed E-state index contributed by atoms with van der Waals surface area (Å²) in [5, 5.41) is 10.4. The fourth-order valence-electron chi connectivity index (χ4n) is 0.921. The number of carbonyl (C=O) groups excluding carboxylic acids is 1. The molecule has 0 amide bonds. The number of hydrogen-bond acceptors (Lipinski definition) is 2. The Balaban J connectivity index is 2.70. The summed E-state index contributed by atoms with van der Waals surface area (Å²) in [6, 6.07) is 7.41. The minimum absolute atomic E-state index is 0.0994. The lowest BCUT2D eigenvalue weighted by Crippen LogP contribution is -2.24. The van der Waals surface area contributed by atoms with E-state index in [1.165, 1.54) is 0 Å². The van der Waals surface area contributed by atoms with E-state index in [9.17, 15) is 9.90 Å². The lowest BCUT2D eigenvalue weighted by molar-refractivity contribution is -0.299. The van der Waals surface area contributed by atoms with Gasteiger partial charge < -0.3 is 9.90 Å². The lowest BCUT2D eigenvalue weighted by Gasteiger charge is -2.05. The molecule has 0 atom stereocenters. The van der Waals surface area contributed by atoms with Crippen molar-refractivity contribution in [3.63, 3.8) is 0 Å². The smallest absolute Gasteiger partial charge is 0.0672 e. The molecule has 0 saturated carbocycles. The Morgan fingerprint density at radius 2 is 1.92 bits per heavy atom. The SMILES string of the molecule is C=C(Cc1ccc(Br)cc1)C(=O)[O-]. The Morgan fingerprint density at radius 1 is 1.38 bits per heavy atom. The fraction of sp³-hybridized carbons (Fsp3) is 0.100. The van der Waals surface area contributed by atoms with Crippen LogP contribution in [0.5, 0.6) is 0 Å². The van der Waals surface area contributed by atoms with Crippen LogP contribution in [0.1, 0.15) is 5.56 Å². The molecule has 0 heterocycles. The molecule has 0 bridgehead atoms. The van der Waals surface area contributed by atoms with Gasteiger partial charge in [-0.3, -0.25) is 0 Å². The number of halogens is 1. The maximum atomic E-state index is 10.4. The van der Waals surface area contributed by atoms with Gasteiger partial charge in [-0.25, -0.2) is 0 Å². The van der Waals surface area contributed by atoms with Gasteiger partial charge in [0.05, 0.1) is 5.97 Å². The summed E-state index contributed by atoms with van der Waals surface area (Å²) in [6.07, 6.45) is 0.329. The lowest BCUT2D eigenvalue weighted by atomic mass is 10.1. The standard InChI is InChI=1S/C10H9BrO2/c1-7(10(12)13)6-8-2-4-9(11)5-3-8/h2-5H,1,6H2,(H,12,13)/p-1. The molecule has 0 unspecified atom stereocenters. The summed E-state index contributed by atoms with van der Waals surface area (Å²) in [5.41, 5.74) is 1.01. The summed E-state index contributed by atoms with van der Waals surface area (Å²) in [6.45, 7) is 3.40. The molecule has 0 aliphatic heterocycles. The van der Waals surface area contributed by atoms with Gasteiger partial charge in [0.1, 0.15) is 0 Å². The van der Waals surface area contributed by atoms with Crippen LogP contribution in [0.4, 0.5) is 0 Å². The highest BCUT2D eigenvalue weighted by atomic mass is 79.9. The highest BCUT2D eigenvalue weighted by molar-refractivity contribution is 9.10. The van der Waals surface area contributed by atoms with Crippen LogP contribution in [-0.2, 0) is 11.2 Å². The van der Waals surface area contributed by atoms with Gasteiger partial charge in [-0.05, 0) is 29.7 Å². The average molecular weight is 240 g/mol. The predicted molar refractivity (Wildman–Crippen MR) is 52.0 cm³/mol. The quantitative estimate of drug-likeness (QED) is 0.747. The molecule has 0 aliphatic rings. The van der Waals surface area contributed by atoms with E-state index < -0.39 is 5.97 Å². The van der Waals surface area contributed by atoms with Crippen LogP contribution in [0.25, 0.3) is 0 Å². The van der Waals surface area contributed by atoms with Gasteiger partial charge >= 0.3 is 0 Å². The van der Waals surface area contributed by atoms with E-state index in [1.54, 1.807) is 0 Å². The third-order valence-electron chi connectivity index (χ3n) is 1.62. The number of carboxylic acid groups (broad SMARTS) is 1. The van der Waals surface area contributed by atoms with Gasteiger partial charge in [0.2, 0.25) is 0 Å². The first-order valence-electron chi connectivity index (χ1n) is 3.73. The van der Waals surface area contributed by atoms with E-state index in [0.29, 0.717) is 6.42 Å². The van der Waals surface area contributed by atoms with E-state index in [2.05, 4.69) is 22.5 Å². The predicted octanol–water partition coefficient (Wildman–Crippen LogP) is 1.30. The van der Waals surface area contributed by atoms with Gasteiger partial charge in [-0.1, -0.05) is 34.6 Å². The normalized spacial score (nSPS) is 9.62. The van der Waals surface area contributed by atoms with Crippen LogP contribution in [-0.4, -0.2) is 5.97 Å². The van der Waals surface area contributed by atoms with Gasteiger partial charge in [-0.2, -0.15) is 0 Å². The molecule has 1 aromatic rings.